The molecule has 0 bridgehead atoms. The average molecular weight is 386 g/mol. The minimum atomic E-state index is -3.49. The number of nitrogens with one attached hydrogen (secondary N) is 1. The van der Waals surface area contributed by atoms with Crippen LogP contribution in [-0.2, 0) is 9.84 Å². The summed E-state index contributed by atoms with van der Waals surface area (Å²) < 4.78 is 24.3. The number of sulfone groups is 1. The van der Waals surface area contributed by atoms with Gasteiger partial charge in [-0.05, 0) is 36.8 Å². The van der Waals surface area contributed by atoms with Gasteiger partial charge in [-0.3, -0.25) is 4.79 Å². The highest BCUT2D eigenvalue weighted by Crippen LogP contribution is 2.26. The highest BCUT2D eigenvalue weighted by atomic mass is 35.5. The van der Waals surface area contributed by atoms with Gasteiger partial charge in [-0.25, -0.2) is 8.42 Å². The molecule has 2 aromatic rings. The van der Waals surface area contributed by atoms with Gasteiger partial charge in [0.1, 0.15) is 0 Å². The van der Waals surface area contributed by atoms with Crippen LogP contribution in [0.25, 0.3) is 0 Å². The number of halogens is 2. The first-order valence-corrected chi connectivity index (χ1v) is 9.74. The number of benzene rings is 2. The Balaban J connectivity index is 2.31. The van der Waals surface area contributed by atoms with E-state index in [1.54, 1.807) is 44.2 Å². The third-order valence-electron chi connectivity index (χ3n) is 3.62. The van der Waals surface area contributed by atoms with Crippen LogP contribution in [0.2, 0.25) is 10.0 Å². The Kier molecular flexibility index (Phi) is 5.91. The van der Waals surface area contributed by atoms with E-state index in [0.29, 0.717) is 15.6 Å². The van der Waals surface area contributed by atoms with Gasteiger partial charge in [0.15, 0.2) is 9.84 Å². The molecule has 0 aliphatic carbocycles. The van der Waals surface area contributed by atoms with Crippen molar-refractivity contribution in [1.82, 2.24) is 5.32 Å². The number of amides is 1. The molecule has 1 N–H and O–H groups in total. The highest BCUT2D eigenvalue weighted by molar-refractivity contribution is 7.91. The molecule has 0 saturated carbocycles. The van der Waals surface area contributed by atoms with Crippen molar-refractivity contribution < 1.29 is 13.2 Å². The SMILES string of the molecule is CCS(=O)(=O)c1ccccc1C(=O)N[C@@H](C)c1ccc(Cl)cc1Cl. The van der Waals surface area contributed by atoms with Crippen molar-refractivity contribution in [2.45, 2.75) is 24.8 Å². The summed E-state index contributed by atoms with van der Waals surface area (Å²) in [5.74, 6) is -0.545. The molecule has 1 atom stereocenters. The minimum absolute atomic E-state index is 0.0272. The molecular formula is C17H17Cl2NO3S. The van der Waals surface area contributed by atoms with Crippen LogP contribution in [-0.4, -0.2) is 20.1 Å². The Morgan fingerprint density at radius 3 is 2.46 bits per heavy atom. The predicted molar refractivity (Wildman–Crippen MR) is 96.5 cm³/mol. The number of hydrogen-bond donors (Lipinski definition) is 1. The fourth-order valence-electron chi connectivity index (χ4n) is 2.29. The van der Waals surface area contributed by atoms with E-state index in [9.17, 15) is 13.2 Å². The smallest absolute Gasteiger partial charge is 0.253 e. The van der Waals surface area contributed by atoms with Gasteiger partial charge in [-0.1, -0.05) is 48.3 Å². The normalized spacial score (nSPS) is 12.7. The maximum absolute atomic E-state index is 12.5. The first-order chi connectivity index (χ1) is 11.3. The van der Waals surface area contributed by atoms with E-state index in [4.69, 9.17) is 23.2 Å². The van der Waals surface area contributed by atoms with Gasteiger partial charge in [0.05, 0.1) is 22.3 Å². The van der Waals surface area contributed by atoms with Gasteiger partial charge in [0.2, 0.25) is 0 Å². The molecular weight excluding hydrogens is 369 g/mol. The van der Waals surface area contributed by atoms with Gasteiger partial charge in [-0.15, -0.1) is 0 Å². The van der Waals surface area contributed by atoms with Crippen LogP contribution in [0.15, 0.2) is 47.4 Å². The summed E-state index contributed by atoms with van der Waals surface area (Å²) in [4.78, 5) is 12.6. The fraction of sp³-hybridized carbons (Fsp3) is 0.235. The predicted octanol–water partition coefficient (Wildman–Crippen LogP) is 4.28. The lowest BCUT2D eigenvalue weighted by Crippen LogP contribution is -2.28. The number of carbonyl (C=O) groups excluding carboxylic acids is 1. The van der Waals surface area contributed by atoms with Crippen molar-refractivity contribution >= 4 is 38.9 Å². The van der Waals surface area contributed by atoms with E-state index in [-0.39, 0.29) is 16.2 Å². The summed E-state index contributed by atoms with van der Waals surface area (Å²) >= 11 is 12.0. The Morgan fingerprint density at radius 1 is 1.17 bits per heavy atom. The minimum Gasteiger partial charge on any atom is -0.345 e. The van der Waals surface area contributed by atoms with Crippen molar-refractivity contribution in [3.63, 3.8) is 0 Å². The molecule has 0 heterocycles. The first kappa shape index (κ1) is 18.8. The zero-order chi connectivity index (χ0) is 17.9. The van der Waals surface area contributed by atoms with E-state index in [1.807, 2.05) is 0 Å². The maximum Gasteiger partial charge on any atom is 0.253 e. The summed E-state index contributed by atoms with van der Waals surface area (Å²) in [5, 5.41) is 3.71. The third-order valence-corrected chi connectivity index (χ3v) is 5.97. The Labute approximate surface area is 151 Å². The lowest BCUT2D eigenvalue weighted by molar-refractivity contribution is 0.0936. The molecule has 0 unspecified atom stereocenters. The van der Waals surface area contributed by atoms with Crippen molar-refractivity contribution in [3.8, 4) is 0 Å². The van der Waals surface area contributed by atoms with Crippen LogP contribution >= 0.6 is 23.2 Å². The molecule has 0 spiro atoms. The fourth-order valence-corrected chi connectivity index (χ4v) is 3.95. The van der Waals surface area contributed by atoms with E-state index in [1.165, 1.54) is 12.1 Å². The van der Waals surface area contributed by atoms with E-state index in [2.05, 4.69) is 5.32 Å². The van der Waals surface area contributed by atoms with E-state index in [0.717, 1.165) is 0 Å². The lowest BCUT2D eigenvalue weighted by atomic mass is 10.1. The summed E-state index contributed by atoms with van der Waals surface area (Å²) in [5.41, 5.74) is 0.821. The average Bonchev–Trinajstić information content (AvgIpc) is 2.54. The van der Waals surface area contributed by atoms with Crippen molar-refractivity contribution in [2.75, 3.05) is 5.75 Å². The molecule has 2 rings (SSSR count). The maximum atomic E-state index is 12.5. The summed E-state index contributed by atoms with van der Waals surface area (Å²) in [6.45, 7) is 3.31. The van der Waals surface area contributed by atoms with Crippen molar-refractivity contribution in [1.29, 1.82) is 0 Å². The summed E-state index contributed by atoms with van der Waals surface area (Å²) in [7, 11) is -3.49. The molecule has 1 amide bonds. The second-order valence-electron chi connectivity index (χ2n) is 5.26. The highest BCUT2D eigenvalue weighted by Gasteiger charge is 2.22. The zero-order valence-corrected chi connectivity index (χ0v) is 15.5. The van der Waals surface area contributed by atoms with Crippen molar-refractivity contribution in [3.05, 3.63) is 63.6 Å². The summed E-state index contributed by atoms with van der Waals surface area (Å²) in [6, 6.07) is 10.8. The van der Waals surface area contributed by atoms with Crippen LogP contribution in [0.3, 0.4) is 0 Å². The molecule has 24 heavy (non-hydrogen) atoms. The molecule has 4 nitrogen and oxygen atoms in total. The van der Waals surface area contributed by atoms with Gasteiger partial charge in [0, 0.05) is 10.0 Å². The zero-order valence-electron chi connectivity index (χ0n) is 13.2. The molecule has 2 aromatic carbocycles. The molecule has 0 aliphatic heterocycles. The Hall–Kier alpha value is -1.56. The van der Waals surface area contributed by atoms with Gasteiger partial charge in [-0.2, -0.15) is 0 Å². The van der Waals surface area contributed by atoms with Gasteiger partial charge in [0.25, 0.3) is 5.91 Å². The first-order valence-electron chi connectivity index (χ1n) is 7.34. The van der Waals surface area contributed by atoms with Crippen molar-refractivity contribution in [2.24, 2.45) is 0 Å². The number of hydrogen-bond acceptors (Lipinski definition) is 3. The Bertz CT molecular complexity index is 866. The second-order valence-corrected chi connectivity index (χ2v) is 8.35. The Morgan fingerprint density at radius 2 is 1.83 bits per heavy atom. The van der Waals surface area contributed by atoms with Crippen LogP contribution in [0.4, 0.5) is 0 Å². The van der Waals surface area contributed by atoms with E-state index < -0.39 is 21.8 Å². The third kappa shape index (κ3) is 4.09. The monoisotopic (exact) mass is 385 g/mol. The quantitative estimate of drug-likeness (QED) is 0.835. The topological polar surface area (TPSA) is 63.2 Å². The standard InChI is InChI=1S/C17H17Cl2NO3S/c1-3-24(22,23)16-7-5-4-6-14(16)17(21)20-11(2)13-9-8-12(18)10-15(13)19/h4-11H,3H2,1-2H3,(H,20,21)/t11-/m0/s1. The van der Waals surface area contributed by atoms with Crippen LogP contribution in [0.5, 0.6) is 0 Å². The van der Waals surface area contributed by atoms with Gasteiger partial charge >= 0.3 is 0 Å². The van der Waals surface area contributed by atoms with Crippen LogP contribution in [0.1, 0.15) is 35.8 Å². The number of rotatable bonds is 5. The van der Waals surface area contributed by atoms with E-state index >= 15 is 0 Å². The molecule has 128 valence electrons. The molecule has 0 radical (unpaired) electrons. The van der Waals surface area contributed by atoms with Gasteiger partial charge < -0.3 is 5.32 Å². The number of carbonyl (C=O) groups is 1. The molecule has 0 aromatic heterocycles. The molecule has 7 heteroatoms. The molecule has 0 aliphatic rings. The lowest BCUT2D eigenvalue weighted by Gasteiger charge is -2.17. The summed E-state index contributed by atoms with van der Waals surface area (Å²) in [6.07, 6.45) is 0. The molecule has 0 saturated heterocycles. The van der Waals surface area contributed by atoms with Crippen LogP contribution in [0, 0.1) is 0 Å². The van der Waals surface area contributed by atoms with Crippen LogP contribution < -0.4 is 5.32 Å². The second kappa shape index (κ2) is 7.55. The largest absolute Gasteiger partial charge is 0.345 e. The molecule has 0 fully saturated rings.